The van der Waals surface area contributed by atoms with Gasteiger partial charge in [-0.3, -0.25) is 24.2 Å². The number of piperidine rings is 1. The highest BCUT2D eigenvalue weighted by molar-refractivity contribution is 5.99. The number of guanidine groups is 1. The van der Waals surface area contributed by atoms with Gasteiger partial charge in [0.25, 0.3) is 0 Å². The number of hydrogen-bond donors (Lipinski definition) is 5. The molecule has 0 bridgehead atoms. The van der Waals surface area contributed by atoms with E-state index in [1.54, 1.807) is 0 Å². The summed E-state index contributed by atoms with van der Waals surface area (Å²) in [4.78, 5) is 54.1. The molecule has 0 aromatic carbocycles. The molecule has 30 heavy (non-hydrogen) atoms. The van der Waals surface area contributed by atoms with Gasteiger partial charge in [-0.25, -0.2) is 0 Å². The molecule has 0 saturated carbocycles. The number of nitrogens with two attached hydrogens (primary N) is 2. The highest BCUT2D eigenvalue weighted by Crippen LogP contribution is 2.30. The van der Waals surface area contributed by atoms with E-state index in [9.17, 15) is 19.2 Å². The van der Waals surface area contributed by atoms with E-state index in [2.05, 4.69) is 27.9 Å². The summed E-state index contributed by atoms with van der Waals surface area (Å²) < 4.78 is 0. The van der Waals surface area contributed by atoms with Crippen LogP contribution in [0.5, 0.6) is 0 Å². The number of unbranched alkanes of at least 4 members (excludes halogenated alkanes) is 1. The Kier molecular flexibility index (Phi) is 8.76. The Morgan fingerprint density at radius 2 is 1.77 bits per heavy atom. The molecule has 2 aliphatic heterocycles. The number of carbonyl (C=O) groups excluding carboxylic acids is 4. The van der Waals surface area contributed by atoms with Gasteiger partial charge >= 0.3 is 0 Å². The first-order valence-corrected chi connectivity index (χ1v) is 10.7. The smallest absolute Gasteiger partial charge is 0.237 e. The minimum atomic E-state index is -0.709. The maximum atomic E-state index is 13.3. The van der Waals surface area contributed by atoms with Gasteiger partial charge in [0.2, 0.25) is 11.8 Å². The van der Waals surface area contributed by atoms with Crippen LogP contribution in [0.25, 0.3) is 0 Å². The number of ketones is 2. The molecule has 7 N–H and O–H groups in total. The van der Waals surface area contributed by atoms with Crippen LogP contribution in [-0.2, 0) is 19.2 Å². The van der Waals surface area contributed by atoms with Crippen molar-refractivity contribution in [2.75, 3.05) is 13.1 Å². The fraction of sp³-hybridized carbons (Fsp3) is 0.750. The van der Waals surface area contributed by atoms with Gasteiger partial charge in [0.15, 0.2) is 17.5 Å². The third-order valence-electron chi connectivity index (χ3n) is 5.84. The molecule has 0 spiro atoms. The predicted octanol–water partition coefficient (Wildman–Crippen LogP) is -1.03. The Morgan fingerprint density at radius 3 is 2.37 bits per heavy atom. The highest BCUT2D eigenvalue weighted by atomic mass is 16.2. The molecule has 0 aliphatic carbocycles. The maximum Gasteiger partial charge on any atom is 0.237 e. The second kappa shape index (κ2) is 11.1. The molecule has 168 valence electrons. The van der Waals surface area contributed by atoms with Gasteiger partial charge in [0.05, 0.1) is 12.1 Å². The van der Waals surface area contributed by atoms with Gasteiger partial charge in [-0.1, -0.05) is 19.8 Å². The second-order valence-corrected chi connectivity index (χ2v) is 8.14. The van der Waals surface area contributed by atoms with E-state index < -0.39 is 23.9 Å². The van der Waals surface area contributed by atoms with Crippen molar-refractivity contribution in [1.29, 1.82) is 0 Å². The van der Waals surface area contributed by atoms with Crippen LogP contribution in [0.3, 0.4) is 0 Å². The van der Waals surface area contributed by atoms with E-state index in [1.165, 1.54) is 6.92 Å². The van der Waals surface area contributed by atoms with Crippen LogP contribution < -0.4 is 27.4 Å². The van der Waals surface area contributed by atoms with Gasteiger partial charge in [-0.05, 0) is 32.6 Å². The molecule has 2 saturated heterocycles. The van der Waals surface area contributed by atoms with Gasteiger partial charge < -0.3 is 27.4 Å². The summed E-state index contributed by atoms with van der Waals surface area (Å²) >= 11 is 0. The number of rotatable bonds is 10. The lowest BCUT2D eigenvalue weighted by Crippen LogP contribution is -2.63. The van der Waals surface area contributed by atoms with Gasteiger partial charge in [0.1, 0.15) is 6.04 Å². The summed E-state index contributed by atoms with van der Waals surface area (Å²) in [5.74, 6) is -2.17. The lowest BCUT2D eigenvalue weighted by molar-refractivity contribution is -0.143. The van der Waals surface area contributed by atoms with Crippen molar-refractivity contribution in [1.82, 2.24) is 16.0 Å². The van der Waals surface area contributed by atoms with Crippen LogP contribution in [0.2, 0.25) is 0 Å². The number of amides is 2. The summed E-state index contributed by atoms with van der Waals surface area (Å²) in [6.07, 6.45) is 3.80. The number of nitrogens with zero attached hydrogens (tertiary/aromatic N) is 1. The van der Waals surface area contributed by atoms with E-state index in [4.69, 9.17) is 11.5 Å². The van der Waals surface area contributed by atoms with Crippen molar-refractivity contribution in [3.8, 4) is 0 Å². The third kappa shape index (κ3) is 6.25. The Balaban J connectivity index is 2.08. The van der Waals surface area contributed by atoms with E-state index in [0.717, 1.165) is 19.3 Å². The number of piperazine rings is 1. The molecule has 0 aromatic rings. The van der Waals surface area contributed by atoms with Crippen LogP contribution >= 0.6 is 0 Å². The van der Waals surface area contributed by atoms with E-state index in [0.29, 0.717) is 25.9 Å². The quantitative estimate of drug-likeness (QED) is 0.170. The number of carbonyl (C=O) groups is 4. The Morgan fingerprint density at radius 1 is 1.07 bits per heavy atom. The molecule has 2 heterocycles. The minimum Gasteiger partial charge on any atom is -0.370 e. The monoisotopic (exact) mass is 422 g/mol. The number of Topliss-reactive ketones (excluding diaryl/α,β-unsaturated/α-hetero) is 2. The molecular weight excluding hydrogens is 388 g/mol. The largest absolute Gasteiger partial charge is 0.370 e. The molecule has 10 nitrogen and oxygen atoms in total. The number of hydrogen-bond acceptors (Lipinski definition) is 6. The summed E-state index contributed by atoms with van der Waals surface area (Å²) in [6, 6.07) is -1.70. The van der Waals surface area contributed by atoms with Crippen molar-refractivity contribution in [3.05, 3.63) is 0 Å². The van der Waals surface area contributed by atoms with Crippen molar-refractivity contribution in [2.45, 2.75) is 70.5 Å². The molecule has 5 atom stereocenters. The van der Waals surface area contributed by atoms with Crippen LogP contribution in [0.1, 0.15) is 52.4 Å². The summed E-state index contributed by atoms with van der Waals surface area (Å²) in [6.45, 7) is 4.13. The average molecular weight is 423 g/mol. The molecule has 2 amide bonds. The van der Waals surface area contributed by atoms with Crippen LogP contribution in [0, 0.1) is 11.8 Å². The first-order valence-electron chi connectivity index (χ1n) is 10.7. The molecule has 0 aromatic heterocycles. The fourth-order valence-electron chi connectivity index (χ4n) is 4.12. The zero-order valence-electron chi connectivity index (χ0n) is 17.8. The SMILES string of the molecule is CCCC[C@@H]1NC[C@H](C(=O)C2C[C@H](C(C)=O)NC(=O)[C@H]2CCCN=C(N)N)NC1=O. The molecule has 2 rings (SSSR count). The summed E-state index contributed by atoms with van der Waals surface area (Å²) in [7, 11) is 0. The number of aliphatic imine (C=N–C) groups is 1. The Labute approximate surface area is 177 Å². The second-order valence-electron chi connectivity index (χ2n) is 8.14. The van der Waals surface area contributed by atoms with Crippen molar-refractivity contribution >= 4 is 29.3 Å². The van der Waals surface area contributed by atoms with Crippen molar-refractivity contribution < 1.29 is 19.2 Å². The van der Waals surface area contributed by atoms with E-state index in [-0.39, 0.29) is 41.8 Å². The normalized spacial score (nSPS) is 28.9. The number of nitrogens with one attached hydrogen (secondary N) is 3. The standard InChI is InChI=1S/C20H34N6O4/c1-3-4-7-14-19(30)26-16(10-24-14)17(28)13-9-15(11(2)27)25-18(29)12(13)6-5-8-23-20(21)22/h12-16,24H,3-10H2,1-2H3,(H,25,29)(H,26,30)(H4,21,22,23)/t12-,13?,14-,15+,16+/m0/s1. The fourth-order valence-corrected chi connectivity index (χ4v) is 4.12. The average Bonchev–Trinajstić information content (AvgIpc) is 2.69. The predicted molar refractivity (Wildman–Crippen MR) is 112 cm³/mol. The molecule has 2 aliphatic rings. The molecular formula is C20H34N6O4. The lowest BCUT2D eigenvalue weighted by atomic mass is 9.75. The van der Waals surface area contributed by atoms with Gasteiger partial charge in [0, 0.05) is 24.9 Å². The molecule has 0 radical (unpaired) electrons. The minimum absolute atomic E-state index is 0.0269. The van der Waals surface area contributed by atoms with Crippen LogP contribution in [0.15, 0.2) is 4.99 Å². The Bertz CT molecular complexity index is 691. The zero-order chi connectivity index (χ0) is 22.3. The van der Waals surface area contributed by atoms with Crippen LogP contribution in [-0.4, -0.2) is 60.6 Å². The zero-order valence-corrected chi connectivity index (χ0v) is 17.8. The van der Waals surface area contributed by atoms with Crippen molar-refractivity contribution in [3.63, 3.8) is 0 Å². The first-order chi connectivity index (χ1) is 14.2. The summed E-state index contributed by atoms with van der Waals surface area (Å²) in [5.41, 5.74) is 10.7. The first kappa shape index (κ1) is 23.8. The lowest BCUT2D eigenvalue weighted by Gasteiger charge is -2.38. The molecule has 10 heteroatoms. The molecule has 1 unspecified atom stereocenters. The Hall–Kier alpha value is -2.49. The molecule has 2 fully saturated rings. The topological polar surface area (TPSA) is 169 Å². The maximum absolute atomic E-state index is 13.3. The van der Waals surface area contributed by atoms with Gasteiger partial charge in [-0.15, -0.1) is 0 Å². The van der Waals surface area contributed by atoms with E-state index in [1.807, 2.05) is 0 Å². The van der Waals surface area contributed by atoms with Crippen LogP contribution in [0.4, 0.5) is 0 Å². The third-order valence-corrected chi connectivity index (χ3v) is 5.84. The van der Waals surface area contributed by atoms with Crippen molar-refractivity contribution in [2.24, 2.45) is 28.3 Å². The highest BCUT2D eigenvalue weighted by Gasteiger charge is 2.44. The summed E-state index contributed by atoms with van der Waals surface area (Å²) in [5, 5.41) is 8.68. The van der Waals surface area contributed by atoms with Gasteiger partial charge in [-0.2, -0.15) is 0 Å². The van der Waals surface area contributed by atoms with E-state index >= 15 is 0 Å².